The normalized spacial score (nSPS) is 14.2. The van der Waals surface area contributed by atoms with Gasteiger partial charge in [-0.3, -0.25) is 19.3 Å². The Morgan fingerprint density at radius 3 is 2.12 bits per heavy atom. The molecule has 6 nitrogen and oxygen atoms in total. The fourth-order valence-corrected chi connectivity index (χ4v) is 2.72. The van der Waals surface area contributed by atoms with E-state index in [2.05, 4.69) is 5.32 Å². The second-order valence-corrected chi connectivity index (χ2v) is 5.65. The molecule has 0 spiro atoms. The van der Waals surface area contributed by atoms with Gasteiger partial charge in [0.25, 0.3) is 11.8 Å². The van der Waals surface area contributed by atoms with Crippen LogP contribution in [0.1, 0.15) is 34.6 Å². The Hall–Kier alpha value is -3.15. The molecule has 3 rings (SSSR count). The zero-order valence-electron chi connectivity index (χ0n) is 14.0. The quantitative estimate of drug-likeness (QED) is 0.851. The van der Waals surface area contributed by atoms with E-state index in [1.807, 2.05) is 6.92 Å². The number of rotatable bonds is 5. The molecule has 1 heterocycles. The van der Waals surface area contributed by atoms with Crippen molar-refractivity contribution in [1.82, 2.24) is 4.90 Å². The first-order valence-corrected chi connectivity index (χ1v) is 8.03. The van der Waals surface area contributed by atoms with Crippen molar-refractivity contribution in [3.05, 3.63) is 59.7 Å². The Morgan fingerprint density at radius 1 is 1.04 bits per heavy atom. The minimum atomic E-state index is -0.918. The third-order valence-electron chi connectivity index (χ3n) is 4.03. The largest absolute Gasteiger partial charge is 0.494 e. The Balaban J connectivity index is 1.73. The first-order valence-electron chi connectivity index (χ1n) is 8.03. The number of imide groups is 1. The lowest BCUT2D eigenvalue weighted by Gasteiger charge is -2.21. The number of nitrogens with zero attached hydrogens (tertiary/aromatic N) is 1. The smallest absolute Gasteiger partial charge is 0.262 e. The summed E-state index contributed by atoms with van der Waals surface area (Å²) < 4.78 is 5.35. The first-order chi connectivity index (χ1) is 12.0. The van der Waals surface area contributed by atoms with Crippen LogP contribution in [0.5, 0.6) is 5.75 Å². The van der Waals surface area contributed by atoms with E-state index in [0.29, 0.717) is 29.2 Å². The monoisotopic (exact) mass is 338 g/mol. The summed E-state index contributed by atoms with van der Waals surface area (Å²) in [6, 6.07) is 12.5. The van der Waals surface area contributed by atoms with E-state index in [1.54, 1.807) is 48.5 Å². The van der Waals surface area contributed by atoms with Crippen molar-refractivity contribution in [2.75, 3.05) is 11.9 Å². The molecule has 2 aromatic carbocycles. The number of carbonyl (C=O) groups is 3. The van der Waals surface area contributed by atoms with Gasteiger partial charge >= 0.3 is 0 Å². The average molecular weight is 338 g/mol. The highest BCUT2D eigenvalue weighted by Crippen LogP contribution is 2.25. The number of benzene rings is 2. The van der Waals surface area contributed by atoms with Crippen LogP contribution in [0.25, 0.3) is 0 Å². The zero-order valence-corrected chi connectivity index (χ0v) is 14.0. The highest BCUT2D eigenvalue weighted by Gasteiger charge is 2.40. The molecular weight excluding hydrogens is 320 g/mol. The Kier molecular flexibility index (Phi) is 4.52. The van der Waals surface area contributed by atoms with Crippen LogP contribution in [0.4, 0.5) is 5.69 Å². The van der Waals surface area contributed by atoms with E-state index in [0.717, 1.165) is 4.90 Å². The summed E-state index contributed by atoms with van der Waals surface area (Å²) in [7, 11) is 0. The third kappa shape index (κ3) is 3.10. The van der Waals surface area contributed by atoms with Crippen LogP contribution in [-0.2, 0) is 4.79 Å². The number of hydrogen-bond donors (Lipinski definition) is 1. The number of hydrogen-bond acceptors (Lipinski definition) is 4. The lowest BCUT2D eigenvalue weighted by Crippen LogP contribution is -2.45. The number of anilines is 1. The van der Waals surface area contributed by atoms with E-state index >= 15 is 0 Å². The Morgan fingerprint density at radius 2 is 1.60 bits per heavy atom. The summed E-state index contributed by atoms with van der Waals surface area (Å²) in [5, 5.41) is 2.72. The molecule has 1 atom stereocenters. The van der Waals surface area contributed by atoms with E-state index in [4.69, 9.17) is 4.74 Å². The molecule has 128 valence electrons. The van der Waals surface area contributed by atoms with Gasteiger partial charge in [-0.25, -0.2) is 0 Å². The maximum absolute atomic E-state index is 12.5. The average Bonchev–Trinajstić information content (AvgIpc) is 2.87. The molecule has 1 N–H and O–H groups in total. The van der Waals surface area contributed by atoms with Crippen LogP contribution in [-0.4, -0.2) is 35.3 Å². The van der Waals surface area contributed by atoms with Crippen molar-refractivity contribution in [2.24, 2.45) is 0 Å². The van der Waals surface area contributed by atoms with Crippen LogP contribution in [0.3, 0.4) is 0 Å². The van der Waals surface area contributed by atoms with Gasteiger partial charge in [0.15, 0.2) is 0 Å². The SMILES string of the molecule is CCOc1ccc(NC(=O)[C@@H](C)N2C(=O)c3ccccc3C2=O)cc1. The van der Waals surface area contributed by atoms with Crippen LogP contribution in [0, 0.1) is 0 Å². The standard InChI is InChI=1S/C19H18N2O4/c1-3-25-14-10-8-13(9-11-14)20-17(22)12(2)21-18(23)15-6-4-5-7-16(15)19(21)24/h4-12H,3H2,1-2H3,(H,20,22)/t12-/m1/s1. The maximum atomic E-state index is 12.5. The summed E-state index contributed by atoms with van der Waals surface area (Å²) in [6.07, 6.45) is 0. The number of nitrogens with one attached hydrogen (secondary N) is 1. The first kappa shape index (κ1) is 16.7. The molecule has 0 unspecified atom stereocenters. The summed E-state index contributed by atoms with van der Waals surface area (Å²) in [4.78, 5) is 38.3. The predicted octanol–water partition coefficient (Wildman–Crippen LogP) is 2.71. The van der Waals surface area contributed by atoms with E-state index in [-0.39, 0.29) is 0 Å². The lowest BCUT2D eigenvalue weighted by atomic mass is 10.1. The van der Waals surface area contributed by atoms with Crippen molar-refractivity contribution < 1.29 is 19.1 Å². The highest BCUT2D eigenvalue weighted by molar-refractivity contribution is 6.23. The summed E-state index contributed by atoms with van der Waals surface area (Å²) in [6.45, 7) is 3.98. The molecule has 1 aliphatic rings. The zero-order chi connectivity index (χ0) is 18.0. The number of fused-ring (bicyclic) bond motifs is 1. The van der Waals surface area contributed by atoms with Crippen LogP contribution in [0.15, 0.2) is 48.5 Å². The molecule has 6 heteroatoms. The van der Waals surface area contributed by atoms with E-state index < -0.39 is 23.8 Å². The van der Waals surface area contributed by atoms with Gasteiger partial charge in [-0.2, -0.15) is 0 Å². The fourth-order valence-electron chi connectivity index (χ4n) is 2.72. The summed E-state index contributed by atoms with van der Waals surface area (Å²) in [5.74, 6) is -0.627. The lowest BCUT2D eigenvalue weighted by molar-refractivity contribution is -0.119. The molecular formula is C19H18N2O4. The molecule has 0 fully saturated rings. The number of carbonyl (C=O) groups excluding carboxylic acids is 3. The van der Waals surface area contributed by atoms with Crippen LogP contribution in [0.2, 0.25) is 0 Å². The van der Waals surface area contributed by atoms with Gasteiger partial charge < -0.3 is 10.1 Å². The van der Waals surface area contributed by atoms with Crippen LogP contribution < -0.4 is 10.1 Å². The molecule has 0 saturated carbocycles. The van der Waals surface area contributed by atoms with Crippen molar-refractivity contribution >= 4 is 23.4 Å². The molecule has 0 saturated heterocycles. The van der Waals surface area contributed by atoms with E-state index in [1.165, 1.54) is 6.92 Å². The molecule has 0 aromatic heterocycles. The van der Waals surface area contributed by atoms with Gasteiger partial charge in [0.05, 0.1) is 17.7 Å². The van der Waals surface area contributed by atoms with Gasteiger partial charge in [0.1, 0.15) is 11.8 Å². The topological polar surface area (TPSA) is 75.7 Å². The van der Waals surface area contributed by atoms with Crippen molar-refractivity contribution in [3.63, 3.8) is 0 Å². The van der Waals surface area contributed by atoms with Gasteiger partial charge in [0, 0.05) is 5.69 Å². The number of amides is 3. The van der Waals surface area contributed by atoms with Gasteiger partial charge in [-0.15, -0.1) is 0 Å². The van der Waals surface area contributed by atoms with E-state index in [9.17, 15) is 14.4 Å². The van der Waals surface area contributed by atoms with Gasteiger partial charge in [-0.1, -0.05) is 12.1 Å². The predicted molar refractivity (Wildman–Crippen MR) is 92.6 cm³/mol. The highest BCUT2D eigenvalue weighted by atomic mass is 16.5. The molecule has 0 radical (unpaired) electrons. The molecule has 0 bridgehead atoms. The molecule has 0 aliphatic carbocycles. The van der Waals surface area contributed by atoms with Gasteiger partial charge in [0.2, 0.25) is 5.91 Å². The van der Waals surface area contributed by atoms with Crippen molar-refractivity contribution in [2.45, 2.75) is 19.9 Å². The van der Waals surface area contributed by atoms with Crippen molar-refractivity contribution in [1.29, 1.82) is 0 Å². The molecule has 3 amide bonds. The van der Waals surface area contributed by atoms with Crippen molar-refractivity contribution in [3.8, 4) is 5.75 Å². The third-order valence-corrected chi connectivity index (χ3v) is 4.03. The Labute approximate surface area is 145 Å². The maximum Gasteiger partial charge on any atom is 0.262 e. The number of ether oxygens (including phenoxy) is 1. The molecule has 1 aliphatic heterocycles. The summed E-state index contributed by atoms with van der Waals surface area (Å²) in [5.41, 5.74) is 1.22. The molecule has 2 aromatic rings. The fraction of sp³-hybridized carbons (Fsp3) is 0.211. The summed E-state index contributed by atoms with van der Waals surface area (Å²) >= 11 is 0. The minimum Gasteiger partial charge on any atom is -0.494 e. The molecule has 25 heavy (non-hydrogen) atoms. The second-order valence-electron chi connectivity index (χ2n) is 5.65. The minimum absolute atomic E-state index is 0.327. The van der Waals surface area contributed by atoms with Crippen LogP contribution >= 0.6 is 0 Å². The van der Waals surface area contributed by atoms with Gasteiger partial charge in [-0.05, 0) is 50.2 Å². The Bertz CT molecular complexity index is 795. The second kappa shape index (κ2) is 6.76.